The smallest absolute Gasteiger partial charge is 0.404 e. The maximum atomic E-state index is 10.3. The number of rotatable bonds is 4. The van der Waals surface area contributed by atoms with Crippen molar-refractivity contribution in [1.82, 2.24) is 0 Å². The summed E-state index contributed by atoms with van der Waals surface area (Å²) < 4.78 is 4.81. The van der Waals surface area contributed by atoms with Gasteiger partial charge in [-0.1, -0.05) is 28.5 Å². The average molecular weight is 316 g/mol. The van der Waals surface area contributed by atoms with Crippen molar-refractivity contribution in [2.24, 2.45) is 11.7 Å². The molecule has 74 valence electrons. The van der Waals surface area contributed by atoms with Gasteiger partial charge >= 0.3 is 6.09 Å². The number of halogens is 2. The van der Waals surface area contributed by atoms with E-state index in [2.05, 4.69) is 39.2 Å². The average Bonchev–Trinajstić information content (AvgIpc) is 2.10. The molecule has 0 heterocycles. The molecule has 0 aromatic rings. The van der Waals surface area contributed by atoms with Crippen molar-refractivity contribution < 1.29 is 9.53 Å². The molecular formula is C8H11ClINO2. The zero-order valence-electron chi connectivity index (χ0n) is 7.22. The predicted octanol–water partition coefficient (Wildman–Crippen LogP) is 1.76. The van der Waals surface area contributed by atoms with Gasteiger partial charge in [0.25, 0.3) is 0 Å². The number of alkyl halides is 2. The molecule has 0 spiro atoms. The highest BCUT2D eigenvalue weighted by Gasteiger charge is 2.16. The Kier molecular flexibility index (Phi) is 7.19. The predicted molar refractivity (Wildman–Crippen MR) is 61.0 cm³/mol. The highest BCUT2D eigenvalue weighted by Crippen LogP contribution is 2.15. The number of hydrogen-bond acceptors (Lipinski definition) is 2. The third-order valence-corrected chi connectivity index (χ3v) is 3.48. The molecule has 2 unspecified atom stereocenters. The number of ether oxygens (including phenoxy) is 1. The third kappa shape index (κ3) is 5.99. The van der Waals surface area contributed by atoms with Gasteiger partial charge in [0.05, 0.1) is 5.92 Å². The molecular weight excluding hydrogens is 304 g/mol. The van der Waals surface area contributed by atoms with Gasteiger partial charge in [0, 0.05) is 9.80 Å². The van der Waals surface area contributed by atoms with Crippen LogP contribution in [0.3, 0.4) is 0 Å². The van der Waals surface area contributed by atoms with Crippen LogP contribution in [0.25, 0.3) is 0 Å². The zero-order chi connectivity index (χ0) is 10.3. The summed E-state index contributed by atoms with van der Waals surface area (Å²) in [7, 11) is 0. The Morgan fingerprint density at radius 1 is 1.77 bits per heavy atom. The number of amides is 1. The van der Waals surface area contributed by atoms with Crippen molar-refractivity contribution in [3.63, 3.8) is 0 Å². The zero-order valence-corrected chi connectivity index (χ0v) is 10.1. The first-order chi connectivity index (χ1) is 6.11. The van der Waals surface area contributed by atoms with Crippen LogP contribution >= 0.6 is 34.2 Å². The monoisotopic (exact) mass is 315 g/mol. The van der Waals surface area contributed by atoms with Crippen molar-refractivity contribution in [1.29, 1.82) is 0 Å². The molecule has 0 aromatic heterocycles. The second-order valence-electron chi connectivity index (χ2n) is 2.30. The number of carbonyl (C=O) groups excluding carboxylic acids is 1. The van der Waals surface area contributed by atoms with E-state index in [4.69, 9.17) is 17.3 Å². The summed E-state index contributed by atoms with van der Waals surface area (Å²) in [6.07, 6.45) is -0.777. The Bertz CT molecular complexity index is 224. The summed E-state index contributed by atoms with van der Waals surface area (Å²) in [5, 5.41) is 0. The van der Waals surface area contributed by atoms with E-state index in [1.54, 1.807) is 6.92 Å². The van der Waals surface area contributed by atoms with Gasteiger partial charge in [-0.15, -0.1) is 17.5 Å². The minimum atomic E-state index is -0.777. The summed E-state index contributed by atoms with van der Waals surface area (Å²) >= 11 is 7.82. The lowest BCUT2D eigenvalue weighted by atomic mass is 10.1. The molecule has 0 radical (unpaired) electrons. The van der Waals surface area contributed by atoms with Gasteiger partial charge in [0.2, 0.25) is 0 Å². The van der Waals surface area contributed by atoms with Crippen molar-refractivity contribution in [2.45, 2.75) is 10.8 Å². The van der Waals surface area contributed by atoms with E-state index in [0.717, 1.165) is 0 Å². The van der Waals surface area contributed by atoms with Gasteiger partial charge in [-0.3, -0.25) is 0 Å². The van der Waals surface area contributed by atoms with Crippen LogP contribution < -0.4 is 5.73 Å². The Morgan fingerprint density at radius 3 is 2.77 bits per heavy atom. The minimum absolute atomic E-state index is 0.0457. The van der Waals surface area contributed by atoms with Gasteiger partial charge in [-0.2, -0.15) is 0 Å². The fraction of sp³-hybridized carbons (Fsp3) is 0.625. The topological polar surface area (TPSA) is 52.3 Å². The normalized spacial score (nSPS) is 13.8. The maximum Gasteiger partial charge on any atom is 0.404 e. The van der Waals surface area contributed by atoms with Crippen molar-refractivity contribution in [3.05, 3.63) is 0 Å². The van der Waals surface area contributed by atoms with E-state index in [1.807, 2.05) is 0 Å². The van der Waals surface area contributed by atoms with Gasteiger partial charge in [-0.25, -0.2) is 4.79 Å². The first-order valence-electron chi connectivity index (χ1n) is 3.66. The van der Waals surface area contributed by atoms with Crippen LogP contribution in [-0.4, -0.2) is 22.5 Å². The molecule has 0 bridgehead atoms. The van der Waals surface area contributed by atoms with Crippen LogP contribution in [0.4, 0.5) is 4.79 Å². The molecule has 0 fully saturated rings. The molecule has 0 saturated carbocycles. The van der Waals surface area contributed by atoms with E-state index in [0.29, 0.717) is 5.88 Å². The summed E-state index contributed by atoms with van der Waals surface area (Å²) in [4.78, 5) is 10.3. The first-order valence-corrected chi connectivity index (χ1v) is 5.44. The molecule has 0 aliphatic heterocycles. The fourth-order valence-corrected chi connectivity index (χ4v) is 1.30. The molecule has 0 aliphatic rings. The molecule has 2 N–H and O–H groups in total. The fourth-order valence-electron chi connectivity index (χ4n) is 0.701. The summed E-state index contributed by atoms with van der Waals surface area (Å²) in [5.74, 6) is 6.10. The van der Waals surface area contributed by atoms with Crippen molar-refractivity contribution in [3.8, 4) is 11.8 Å². The number of carbonyl (C=O) groups is 1. The summed E-state index contributed by atoms with van der Waals surface area (Å²) in [6.45, 7) is 1.94. The SMILES string of the molecule is CC#CC(COC(N)=O)C(I)CCl. The van der Waals surface area contributed by atoms with Gasteiger partial charge < -0.3 is 10.5 Å². The molecule has 2 atom stereocenters. The Morgan fingerprint density at radius 2 is 2.38 bits per heavy atom. The van der Waals surface area contributed by atoms with Crippen LogP contribution in [0, 0.1) is 17.8 Å². The third-order valence-electron chi connectivity index (χ3n) is 1.32. The van der Waals surface area contributed by atoms with Crippen LogP contribution in [0.5, 0.6) is 0 Å². The molecule has 1 amide bonds. The van der Waals surface area contributed by atoms with E-state index in [9.17, 15) is 4.79 Å². The standard InChI is InChI=1S/C8H11ClINO2/c1-2-3-6(7(10)4-9)5-13-8(11)12/h6-7H,4-5H2,1H3,(H2,11,12). The molecule has 0 aromatic carbocycles. The van der Waals surface area contributed by atoms with Crippen LogP contribution in [0.2, 0.25) is 0 Å². The second kappa shape index (κ2) is 7.27. The summed E-state index contributed by atoms with van der Waals surface area (Å²) in [6, 6.07) is 0. The van der Waals surface area contributed by atoms with Gasteiger partial charge in [0.1, 0.15) is 6.61 Å². The lowest BCUT2D eigenvalue weighted by Crippen LogP contribution is -2.24. The molecule has 0 aliphatic carbocycles. The lowest BCUT2D eigenvalue weighted by molar-refractivity contribution is 0.147. The summed E-state index contributed by atoms with van der Waals surface area (Å²) in [5.41, 5.74) is 4.83. The largest absolute Gasteiger partial charge is 0.448 e. The molecule has 0 rings (SSSR count). The highest BCUT2D eigenvalue weighted by molar-refractivity contribution is 14.1. The lowest BCUT2D eigenvalue weighted by Gasteiger charge is -2.14. The number of nitrogens with two attached hydrogens (primary N) is 1. The highest BCUT2D eigenvalue weighted by atomic mass is 127. The molecule has 5 heteroatoms. The Hall–Kier alpha value is -0.150. The van der Waals surface area contributed by atoms with Crippen LogP contribution in [0.1, 0.15) is 6.92 Å². The first kappa shape index (κ1) is 12.8. The van der Waals surface area contributed by atoms with E-state index in [-0.39, 0.29) is 16.4 Å². The number of primary amides is 1. The van der Waals surface area contributed by atoms with Crippen LogP contribution in [-0.2, 0) is 4.74 Å². The Labute approximate surface area is 96.5 Å². The van der Waals surface area contributed by atoms with Crippen molar-refractivity contribution in [2.75, 3.05) is 12.5 Å². The molecule has 3 nitrogen and oxygen atoms in total. The Balaban J connectivity index is 4.07. The second-order valence-corrected chi connectivity index (χ2v) is 4.21. The molecule has 13 heavy (non-hydrogen) atoms. The van der Waals surface area contributed by atoms with E-state index < -0.39 is 6.09 Å². The van der Waals surface area contributed by atoms with E-state index >= 15 is 0 Å². The van der Waals surface area contributed by atoms with E-state index in [1.165, 1.54) is 0 Å². The van der Waals surface area contributed by atoms with Gasteiger partial charge in [-0.05, 0) is 6.92 Å². The molecule has 0 saturated heterocycles. The minimum Gasteiger partial charge on any atom is -0.448 e. The quantitative estimate of drug-likeness (QED) is 0.488. The van der Waals surface area contributed by atoms with Crippen molar-refractivity contribution >= 4 is 40.3 Å². The number of hydrogen-bond donors (Lipinski definition) is 1. The van der Waals surface area contributed by atoms with Gasteiger partial charge in [0.15, 0.2) is 0 Å². The van der Waals surface area contributed by atoms with Crippen LogP contribution in [0.15, 0.2) is 0 Å². The maximum absolute atomic E-state index is 10.3.